The zero-order chi connectivity index (χ0) is 10.7. The van der Waals surface area contributed by atoms with E-state index in [1.54, 1.807) is 0 Å². The maximum absolute atomic E-state index is 13.2. The fourth-order valence-electron chi connectivity index (χ4n) is 1.07. The third-order valence-corrected chi connectivity index (χ3v) is 2.61. The predicted molar refractivity (Wildman–Crippen MR) is 60.4 cm³/mol. The molecule has 0 saturated heterocycles. The highest BCUT2D eigenvalue weighted by Gasteiger charge is 2.10. The van der Waals surface area contributed by atoms with E-state index in [1.807, 2.05) is 0 Å². The molecule has 0 spiro atoms. The molecule has 0 bridgehead atoms. The normalized spacial score (nSPS) is 10.3. The lowest BCUT2D eigenvalue weighted by Crippen LogP contribution is -1.96. The van der Waals surface area contributed by atoms with Crippen LogP contribution in [0.5, 0.6) is 0 Å². The number of hydrogen-bond donors (Lipinski definition) is 0. The molecular weight excluding hydrogens is 318 g/mol. The number of halogens is 4. The fourth-order valence-corrected chi connectivity index (χ4v) is 1.67. The van der Waals surface area contributed by atoms with Crippen LogP contribution in [0.3, 0.4) is 0 Å². The molecule has 0 N–H and O–H groups in total. The van der Waals surface area contributed by atoms with Gasteiger partial charge in [0.25, 0.3) is 0 Å². The Kier molecular flexibility index (Phi) is 4.26. The zero-order valence-electron chi connectivity index (χ0n) is 7.29. The van der Waals surface area contributed by atoms with Crippen LogP contribution >= 0.6 is 31.9 Å². The number of hydrogen-bond acceptors (Lipinski definition) is 0. The number of benzene rings is 1. The Hall–Kier alpha value is -0.220. The first-order chi connectivity index (χ1) is 6.50. The van der Waals surface area contributed by atoms with Crippen LogP contribution in [-0.4, -0.2) is 0 Å². The SMILES string of the molecule is C=C(Br)CCc1c(F)cc(Br)cc1F. The number of allylic oxidation sites excluding steroid dienone is 1. The summed E-state index contributed by atoms with van der Waals surface area (Å²) in [6.07, 6.45) is 0.838. The van der Waals surface area contributed by atoms with E-state index in [2.05, 4.69) is 38.4 Å². The van der Waals surface area contributed by atoms with Crippen LogP contribution in [0.4, 0.5) is 8.78 Å². The second-order valence-corrected chi connectivity index (χ2v) is 4.90. The summed E-state index contributed by atoms with van der Waals surface area (Å²) in [6.45, 7) is 3.61. The van der Waals surface area contributed by atoms with Crippen LogP contribution in [0, 0.1) is 11.6 Å². The summed E-state index contributed by atoms with van der Waals surface area (Å²) < 4.78 is 27.6. The van der Waals surface area contributed by atoms with Crippen molar-refractivity contribution in [1.82, 2.24) is 0 Å². The Morgan fingerprint density at radius 2 is 1.79 bits per heavy atom. The fraction of sp³-hybridized carbons (Fsp3) is 0.200. The minimum atomic E-state index is -0.523. The van der Waals surface area contributed by atoms with Crippen LogP contribution in [-0.2, 0) is 6.42 Å². The van der Waals surface area contributed by atoms with Crippen molar-refractivity contribution in [2.24, 2.45) is 0 Å². The summed E-state index contributed by atoms with van der Waals surface area (Å²) >= 11 is 6.17. The molecule has 0 aliphatic rings. The summed E-state index contributed by atoms with van der Waals surface area (Å²) in [5, 5.41) is 0. The van der Waals surface area contributed by atoms with Gasteiger partial charge in [-0.3, -0.25) is 0 Å². The van der Waals surface area contributed by atoms with Gasteiger partial charge in [-0.15, -0.1) is 0 Å². The van der Waals surface area contributed by atoms with Crippen LogP contribution in [0.15, 0.2) is 27.7 Å². The molecule has 0 aliphatic carbocycles. The van der Waals surface area contributed by atoms with Crippen molar-refractivity contribution in [3.63, 3.8) is 0 Å². The Morgan fingerprint density at radius 3 is 2.21 bits per heavy atom. The van der Waals surface area contributed by atoms with Gasteiger partial charge in [0, 0.05) is 10.0 Å². The second kappa shape index (κ2) is 5.03. The van der Waals surface area contributed by atoms with E-state index in [0.717, 1.165) is 4.48 Å². The van der Waals surface area contributed by atoms with Crippen molar-refractivity contribution in [3.05, 3.63) is 44.9 Å². The van der Waals surface area contributed by atoms with Crippen LogP contribution in [0.1, 0.15) is 12.0 Å². The summed E-state index contributed by atoms with van der Waals surface area (Å²) in [5.41, 5.74) is 0.105. The van der Waals surface area contributed by atoms with Crippen molar-refractivity contribution >= 4 is 31.9 Å². The molecule has 0 atom stereocenters. The average Bonchev–Trinajstić information content (AvgIpc) is 2.01. The first-order valence-corrected chi connectivity index (χ1v) is 5.56. The maximum atomic E-state index is 13.2. The average molecular weight is 326 g/mol. The van der Waals surface area contributed by atoms with E-state index in [9.17, 15) is 8.78 Å². The Labute approximate surface area is 98.3 Å². The lowest BCUT2D eigenvalue weighted by molar-refractivity contribution is 0.554. The lowest BCUT2D eigenvalue weighted by Gasteiger charge is -2.04. The molecule has 0 heterocycles. The quantitative estimate of drug-likeness (QED) is 0.763. The van der Waals surface area contributed by atoms with Crippen molar-refractivity contribution in [2.45, 2.75) is 12.8 Å². The van der Waals surface area contributed by atoms with Crippen molar-refractivity contribution in [2.75, 3.05) is 0 Å². The van der Waals surface area contributed by atoms with Crippen molar-refractivity contribution in [1.29, 1.82) is 0 Å². The van der Waals surface area contributed by atoms with E-state index in [4.69, 9.17) is 0 Å². The molecule has 0 radical (unpaired) electrons. The Morgan fingerprint density at radius 1 is 1.29 bits per heavy atom. The van der Waals surface area contributed by atoms with Gasteiger partial charge in [0.05, 0.1) is 0 Å². The van der Waals surface area contributed by atoms with Gasteiger partial charge in [-0.1, -0.05) is 38.4 Å². The lowest BCUT2D eigenvalue weighted by atomic mass is 10.1. The van der Waals surface area contributed by atoms with Gasteiger partial charge in [-0.25, -0.2) is 8.78 Å². The standard InChI is InChI=1S/C10H8Br2F2/c1-6(11)2-3-8-9(13)4-7(12)5-10(8)14/h4-5H,1-3H2. The maximum Gasteiger partial charge on any atom is 0.130 e. The van der Waals surface area contributed by atoms with Gasteiger partial charge < -0.3 is 0 Å². The van der Waals surface area contributed by atoms with Gasteiger partial charge in [-0.05, 0) is 29.5 Å². The highest BCUT2D eigenvalue weighted by Crippen LogP contribution is 2.22. The minimum absolute atomic E-state index is 0.105. The smallest absolute Gasteiger partial charge is 0.130 e. The van der Waals surface area contributed by atoms with E-state index >= 15 is 0 Å². The third kappa shape index (κ3) is 3.17. The molecule has 0 nitrogen and oxygen atoms in total. The summed E-state index contributed by atoms with van der Waals surface area (Å²) in [5.74, 6) is -1.05. The molecule has 0 fully saturated rings. The molecule has 4 heteroatoms. The molecule has 14 heavy (non-hydrogen) atoms. The largest absolute Gasteiger partial charge is 0.207 e. The molecule has 0 amide bonds. The molecular formula is C10H8Br2F2. The van der Waals surface area contributed by atoms with Gasteiger partial charge >= 0.3 is 0 Å². The number of rotatable bonds is 3. The van der Waals surface area contributed by atoms with E-state index < -0.39 is 11.6 Å². The molecule has 0 unspecified atom stereocenters. The predicted octanol–water partition coefficient (Wildman–Crippen LogP) is 4.57. The highest BCUT2D eigenvalue weighted by molar-refractivity contribution is 9.11. The second-order valence-electron chi connectivity index (χ2n) is 2.87. The summed E-state index contributed by atoms with van der Waals surface area (Å²) in [7, 11) is 0. The van der Waals surface area contributed by atoms with E-state index in [0.29, 0.717) is 17.3 Å². The topological polar surface area (TPSA) is 0 Å². The molecule has 1 aromatic rings. The highest BCUT2D eigenvalue weighted by atomic mass is 79.9. The van der Waals surface area contributed by atoms with Crippen LogP contribution in [0.25, 0.3) is 0 Å². The van der Waals surface area contributed by atoms with Gasteiger partial charge in [0.2, 0.25) is 0 Å². The summed E-state index contributed by atoms with van der Waals surface area (Å²) in [4.78, 5) is 0. The van der Waals surface area contributed by atoms with Gasteiger partial charge in [0.1, 0.15) is 11.6 Å². The molecule has 1 rings (SSSR count). The molecule has 76 valence electrons. The van der Waals surface area contributed by atoms with E-state index in [1.165, 1.54) is 12.1 Å². The Bertz CT molecular complexity index is 338. The monoisotopic (exact) mass is 324 g/mol. The summed E-state index contributed by atoms with van der Waals surface area (Å²) in [6, 6.07) is 2.52. The Balaban J connectivity index is 2.91. The first kappa shape index (κ1) is 11.9. The zero-order valence-corrected chi connectivity index (χ0v) is 10.5. The molecule has 0 saturated carbocycles. The third-order valence-electron chi connectivity index (χ3n) is 1.75. The van der Waals surface area contributed by atoms with Crippen molar-refractivity contribution in [3.8, 4) is 0 Å². The first-order valence-electron chi connectivity index (χ1n) is 3.97. The van der Waals surface area contributed by atoms with Gasteiger partial charge in [0.15, 0.2) is 0 Å². The molecule has 0 aromatic heterocycles. The van der Waals surface area contributed by atoms with E-state index in [-0.39, 0.29) is 5.56 Å². The minimum Gasteiger partial charge on any atom is -0.207 e. The van der Waals surface area contributed by atoms with Crippen LogP contribution < -0.4 is 0 Å². The van der Waals surface area contributed by atoms with Crippen molar-refractivity contribution < 1.29 is 8.78 Å². The van der Waals surface area contributed by atoms with Crippen LogP contribution in [0.2, 0.25) is 0 Å². The van der Waals surface area contributed by atoms with Gasteiger partial charge in [-0.2, -0.15) is 0 Å². The molecule has 1 aromatic carbocycles. The molecule has 0 aliphatic heterocycles.